The van der Waals surface area contributed by atoms with Gasteiger partial charge in [-0.2, -0.15) is 4.98 Å². The second kappa shape index (κ2) is 9.05. The van der Waals surface area contributed by atoms with Crippen molar-refractivity contribution in [3.63, 3.8) is 0 Å². The van der Waals surface area contributed by atoms with E-state index < -0.39 is 0 Å². The van der Waals surface area contributed by atoms with E-state index in [0.29, 0.717) is 23.9 Å². The Balaban J connectivity index is 1.55. The molecule has 0 bridgehead atoms. The van der Waals surface area contributed by atoms with Crippen molar-refractivity contribution in [2.75, 3.05) is 23.7 Å². The first-order valence-corrected chi connectivity index (χ1v) is 11.1. The number of anilines is 2. The molecule has 9 heteroatoms. The number of aryl methyl sites for hydroxylation is 1. The zero-order chi connectivity index (χ0) is 22.0. The number of nitrogen functional groups attached to an aromatic ring is 1. The van der Waals surface area contributed by atoms with Crippen molar-refractivity contribution in [1.82, 2.24) is 24.6 Å². The van der Waals surface area contributed by atoms with E-state index in [1.165, 1.54) is 0 Å². The van der Waals surface area contributed by atoms with Crippen molar-refractivity contribution < 1.29 is 4.74 Å². The summed E-state index contributed by atoms with van der Waals surface area (Å²) in [6, 6.07) is 2.76. The third-order valence-corrected chi connectivity index (χ3v) is 5.77. The molecule has 4 N–H and O–H groups in total. The number of nitrogens with two attached hydrogens (primary N) is 2. The molecule has 1 aliphatic rings. The van der Waals surface area contributed by atoms with E-state index in [2.05, 4.69) is 39.9 Å². The van der Waals surface area contributed by atoms with Crippen molar-refractivity contribution in [2.45, 2.75) is 65.0 Å². The predicted molar refractivity (Wildman–Crippen MR) is 121 cm³/mol. The minimum atomic E-state index is 0.0255. The van der Waals surface area contributed by atoms with Crippen LogP contribution in [-0.2, 0) is 6.42 Å². The maximum absolute atomic E-state index is 6.11. The summed E-state index contributed by atoms with van der Waals surface area (Å²) in [4.78, 5) is 15.8. The van der Waals surface area contributed by atoms with Crippen molar-refractivity contribution in [3.8, 4) is 6.01 Å². The van der Waals surface area contributed by atoms with Crippen molar-refractivity contribution in [1.29, 1.82) is 0 Å². The molecule has 4 rings (SSSR count). The lowest BCUT2D eigenvalue weighted by atomic mass is 10.0. The zero-order valence-corrected chi connectivity index (χ0v) is 18.6. The first kappa shape index (κ1) is 21.3. The van der Waals surface area contributed by atoms with E-state index in [1.54, 1.807) is 10.7 Å². The number of pyridine rings is 1. The second-order valence-corrected chi connectivity index (χ2v) is 8.47. The number of aromatic nitrogens is 5. The van der Waals surface area contributed by atoms with Crippen LogP contribution in [0.25, 0.3) is 5.65 Å². The molecular formula is C22H32N8O. The third kappa shape index (κ3) is 4.71. The van der Waals surface area contributed by atoms with Crippen molar-refractivity contribution in [3.05, 3.63) is 35.3 Å². The highest BCUT2D eigenvalue weighted by Gasteiger charge is 2.19. The summed E-state index contributed by atoms with van der Waals surface area (Å²) in [6.07, 6.45) is 8.36. The number of imidazole rings is 1. The highest BCUT2D eigenvalue weighted by atomic mass is 16.5. The molecule has 1 saturated heterocycles. The lowest BCUT2D eigenvalue weighted by Gasteiger charge is -2.32. The van der Waals surface area contributed by atoms with Crippen LogP contribution in [0.5, 0.6) is 6.01 Å². The van der Waals surface area contributed by atoms with Crippen molar-refractivity contribution in [2.24, 2.45) is 5.73 Å². The Morgan fingerprint density at radius 2 is 2.00 bits per heavy atom. The second-order valence-electron chi connectivity index (χ2n) is 8.47. The molecule has 1 fully saturated rings. The van der Waals surface area contributed by atoms with E-state index in [9.17, 15) is 0 Å². The number of hydrogen-bond acceptors (Lipinski definition) is 8. The molecule has 0 amide bonds. The largest absolute Gasteiger partial charge is 0.459 e. The Bertz CT molecular complexity index is 1040. The Hall–Kier alpha value is -2.94. The number of rotatable bonds is 7. The van der Waals surface area contributed by atoms with Gasteiger partial charge >= 0.3 is 6.01 Å². The fraction of sp³-hybridized carbons (Fsp3) is 0.545. The fourth-order valence-corrected chi connectivity index (χ4v) is 4.12. The monoisotopic (exact) mass is 424 g/mol. The zero-order valence-electron chi connectivity index (χ0n) is 18.6. The van der Waals surface area contributed by atoms with Crippen LogP contribution in [0.3, 0.4) is 0 Å². The van der Waals surface area contributed by atoms with Gasteiger partial charge in [-0.25, -0.2) is 14.5 Å². The highest BCUT2D eigenvalue weighted by molar-refractivity contribution is 5.60. The summed E-state index contributed by atoms with van der Waals surface area (Å²) in [5.74, 6) is 1.36. The summed E-state index contributed by atoms with van der Waals surface area (Å²) in [7, 11) is 0. The molecule has 1 aliphatic heterocycles. The average Bonchev–Trinajstić information content (AvgIpc) is 3.12. The van der Waals surface area contributed by atoms with Crippen LogP contribution in [-0.4, -0.2) is 49.8 Å². The molecule has 3 aromatic rings. The lowest BCUT2D eigenvalue weighted by molar-refractivity contribution is 0.189. The number of hydrogen-bond donors (Lipinski definition) is 2. The Morgan fingerprint density at radius 3 is 2.71 bits per heavy atom. The molecule has 0 saturated carbocycles. The van der Waals surface area contributed by atoms with Crippen LogP contribution in [0.4, 0.5) is 11.6 Å². The first-order valence-electron chi connectivity index (χ1n) is 11.1. The van der Waals surface area contributed by atoms with Gasteiger partial charge in [-0.05, 0) is 44.2 Å². The number of fused-ring (bicyclic) bond motifs is 1. The standard InChI is InChI=1S/C22H32N8O/c1-4-5-15(3)31-22-27-19(24)21-26-13-18(30(21)28-22)11-16-10-14(2)20(25-12-16)29-8-6-17(23)7-9-29/h10,12-13,15,17H,4-9,11,23H2,1-3H3,(H2,24,27,28)/t15-/m0/s1. The molecule has 0 radical (unpaired) electrons. The van der Waals surface area contributed by atoms with Gasteiger partial charge in [0.05, 0.1) is 18.0 Å². The van der Waals surface area contributed by atoms with Gasteiger partial charge in [-0.3, -0.25) is 0 Å². The number of ether oxygens (including phenoxy) is 1. The normalized spacial score (nSPS) is 16.1. The molecule has 9 nitrogen and oxygen atoms in total. The average molecular weight is 425 g/mol. The van der Waals surface area contributed by atoms with E-state index in [-0.39, 0.29) is 12.1 Å². The quantitative estimate of drug-likeness (QED) is 0.593. The maximum atomic E-state index is 6.11. The molecule has 1 atom stereocenters. The van der Waals surface area contributed by atoms with Crippen LogP contribution in [0, 0.1) is 6.92 Å². The van der Waals surface area contributed by atoms with Crippen LogP contribution in [0.15, 0.2) is 18.5 Å². The van der Waals surface area contributed by atoms with Gasteiger partial charge in [0.1, 0.15) is 5.82 Å². The molecule has 166 valence electrons. The summed E-state index contributed by atoms with van der Waals surface area (Å²) in [5.41, 5.74) is 15.9. The van der Waals surface area contributed by atoms with E-state index in [4.69, 9.17) is 21.2 Å². The first-order chi connectivity index (χ1) is 14.9. The molecule has 3 aromatic heterocycles. The van der Waals surface area contributed by atoms with Gasteiger partial charge in [-0.15, -0.1) is 5.10 Å². The molecule has 0 aromatic carbocycles. The lowest BCUT2D eigenvalue weighted by Crippen LogP contribution is -2.40. The molecule has 31 heavy (non-hydrogen) atoms. The van der Waals surface area contributed by atoms with Gasteiger partial charge in [0, 0.05) is 31.7 Å². The fourth-order valence-electron chi connectivity index (χ4n) is 4.12. The highest BCUT2D eigenvalue weighted by Crippen LogP contribution is 2.23. The van der Waals surface area contributed by atoms with E-state index >= 15 is 0 Å². The molecule has 0 unspecified atom stereocenters. The Morgan fingerprint density at radius 1 is 1.23 bits per heavy atom. The summed E-state index contributed by atoms with van der Waals surface area (Å²) >= 11 is 0. The maximum Gasteiger partial charge on any atom is 0.336 e. The minimum Gasteiger partial charge on any atom is -0.459 e. The molecule has 0 spiro atoms. The summed E-state index contributed by atoms with van der Waals surface area (Å²) < 4.78 is 7.58. The summed E-state index contributed by atoms with van der Waals surface area (Å²) in [6.45, 7) is 8.14. The van der Waals surface area contributed by atoms with Gasteiger partial charge in [0.25, 0.3) is 0 Å². The predicted octanol–water partition coefficient (Wildman–Crippen LogP) is 2.50. The van der Waals surface area contributed by atoms with Crippen LogP contribution < -0.4 is 21.1 Å². The molecular weight excluding hydrogens is 392 g/mol. The van der Waals surface area contributed by atoms with Crippen LogP contribution in [0.2, 0.25) is 0 Å². The van der Waals surface area contributed by atoms with Gasteiger partial charge in [0.2, 0.25) is 0 Å². The Labute approximate surface area is 182 Å². The van der Waals surface area contributed by atoms with Crippen molar-refractivity contribution >= 4 is 17.3 Å². The molecule has 0 aliphatic carbocycles. The van der Waals surface area contributed by atoms with E-state index in [0.717, 1.165) is 61.4 Å². The topological polar surface area (TPSA) is 120 Å². The van der Waals surface area contributed by atoms with Gasteiger partial charge in [-0.1, -0.05) is 19.4 Å². The SMILES string of the molecule is CCC[C@H](C)Oc1nc(N)c2ncc(Cc3cnc(N4CCC(N)CC4)c(C)c3)n2n1. The smallest absolute Gasteiger partial charge is 0.336 e. The third-order valence-electron chi connectivity index (χ3n) is 5.77. The van der Waals surface area contributed by atoms with Gasteiger partial charge < -0.3 is 21.1 Å². The summed E-state index contributed by atoms with van der Waals surface area (Å²) in [5, 5.41) is 4.54. The Kier molecular flexibility index (Phi) is 6.22. The minimum absolute atomic E-state index is 0.0255. The number of nitrogens with zero attached hydrogens (tertiary/aromatic N) is 6. The van der Waals surface area contributed by atoms with E-state index in [1.807, 2.05) is 13.1 Å². The van der Waals surface area contributed by atoms with Crippen LogP contribution >= 0.6 is 0 Å². The van der Waals surface area contributed by atoms with Gasteiger partial charge in [0.15, 0.2) is 11.5 Å². The molecule has 4 heterocycles. The number of piperidine rings is 1. The van der Waals surface area contributed by atoms with Crippen LogP contribution in [0.1, 0.15) is 56.4 Å².